The van der Waals surface area contributed by atoms with E-state index in [0.717, 1.165) is 46.0 Å². The van der Waals surface area contributed by atoms with Crippen LogP contribution in [0.1, 0.15) is 44.6 Å². The molecule has 1 aliphatic carbocycles. The van der Waals surface area contributed by atoms with Gasteiger partial charge < -0.3 is 0 Å². The number of thioether (sulfide) groups is 1. The van der Waals surface area contributed by atoms with Gasteiger partial charge in [0.1, 0.15) is 4.83 Å². The monoisotopic (exact) mass is 388 g/mol. The number of hydrogen-bond donors (Lipinski definition) is 0. The molecule has 0 spiro atoms. The molecule has 0 aliphatic heterocycles. The molecule has 5 heteroatoms. The number of rotatable bonds is 5. The van der Waals surface area contributed by atoms with Crippen molar-refractivity contribution >= 4 is 33.3 Å². The third kappa shape index (κ3) is 3.70. The summed E-state index contributed by atoms with van der Waals surface area (Å²) < 4.78 is 1.79. The number of hydrogen-bond acceptors (Lipinski definition) is 4. The topological polar surface area (TPSA) is 34.9 Å². The molecule has 1 aliphatic rings. The quantitative estimate of drug-likeness (QED) is 0.387. The van der Waals surface area contributed by atoms with Crippen LogP contribution in [0.3, 0.4) is 0 Å². The van der Waals surface area contributed by atoms with Gasteiger partial charge in [0.25, 0.3) is 5.56 Å². The van der Waals surface area contributed by atoms with Crippen molar-refractivity contribution in [1.82, 2.24) is 9.55 Å². The van der Waals surface area contributed by atoms with Crippen molar-refractivity contribution in [2.75, 3.05) is 5.75 Å². The zero-order chi connectivity index (χ0) is 19.1. The Hall–Kier alpha value is -1.33. The molecule has 0 saturated heterocycles. The molecule has 1 unspecified atom stereocenters. The second kappa shape index (κ2) is 7.35. The Morgan fingerprint density at radius 2 is 2.19 bits per heavy atom. The number of allylic oxidation sites excluding steroid dienone is 1. The van der Waals surface area contributed by atoms with Gasteiger partial charge in [0, 0.05) is 17.2 Å². The molecule has 2 heterocycles. The Labute approximate surface area is 164 Å². The Morgan fingerprint density at radius 1 is 1.46 bits per heavy atom. The molecular formula is C21H28N2OS2. The van der Waals surface area contributed by atoms with Gasteiger partial charge in [-0.1, -0.05) is 50.8 Å². The number of aryl methyl sites for hydroxylation is 1. The molecule has 0 bridgehead atoms. The second-order valence-corrected chi connectivity index (χ2v) is 10.4. The molecule has 0 fully saturated rings. The summed E-state index contributed by atoms with van der Waals surface area (Å²) in [5, 5.41) is 1.62. The molecule has 0 N–H and O–H groups in total. The van der Waals surface area contributed by atoms with Gasteiger partial charge in [-0.05, 0) is 43.1 Å². The van der Waals surface area contributed by atoms with E-state index in [1.807, 2.05) is 13.0 Å². The number of aromatic nitrogens is 2. The van der Waals surface area contributed by atoms with Crippen LogP contribution in [0.15, 0.2) is 34.8 Å². The van der Waals surface area contributed by atoms with Gasteiger partial charge in [-0.15, -0.1) is 17.9 Å². The zero-order valence-corrected chi connectivity index (χ0v) is 17.9. The van der Waals surface area contributed by atoms with E-state index in [0.29, 0.717) is 17.9 Å². The summed E-state index contributed by atoms with van der Waals surface area (Å²) in [5.41, 5.74) is 2.60. The summed E-state index contributed by atoms with van der Waals surface area (Å²) in [4.78, 5) is 20.4. The smallest absolute Gasteiger partial charge is 0.263 e. The molecule has 1 atom stereocenters. The van der Waals surface area contributed by atoms with E-state index in [9.17, 15) is 4.79 Å². The summed E-state index contributed by atoms with van der Waals surface area (Å²) in [7, 11) is 0. The van der Waals surface area contributed by atoms with E-state index in [1.165, 1.54) is 10.4 Å². The van der Waals surface area contributed by atoms with Crippen LogP contribution in [0, 0.1) is 11.3 Å². The number of thiophene rings is 1. The summed E-state index contributed by atoms with van der Waals surface area (Å²) in [5.74, 6) is 1.40. The summed E-state index contributed by atoms with van der Waals surface area (Å²) in [6.45, 7) is 17.2. The van der Waals surface area contributed by atoms with Crippen molar-refractivity contribution in [1.29, 1.82) is 0 Å². The Balaban J connectivity index is 2.14. The largest absolute Gasteiger partial charge is 0.283 e. The van der Waals surface area contributed by atoms with Gasteiger partial charge in [0.15, 0.2) is 5.16 Å². The highest BCUT2D eigenvalue weighted by molar-refractivity contribution is 7.99. The number of nitrogens with zero attached hydrogens (tertiary/aromatic N) is 2. The second-order valence-electron chi connectivity index (χ2n) is 8.33. The van der Waals surface area contributed by atoms with Crippen molar-refractivity contribution in [3.8, 4) is 0 Å². The molecule has 0 saturated carbocycles. The average Bonchev–Trinajstić information content (AvgIpc) is 2.92. The highest BCUT2D eigenvalue weighted by Crippen LogP contribution is 2.42. The summed E-state index contributed by atoms with van der Waals surface area (Å²) in [6.07, 6.45) is 5.05. The van der Waals surface area contributed by atoms with Gasteiger partial charge in [0.2, 0.25) is 0 Å². The first kappa shape index (κ1) is 19.4. The van der Waals surface area contributed by atoms with E-state index < -0.39 is 0 Å². The van der Waals surface area contributed by atoms with Crippen molar-refractivity contribution in [2.45, 2.75) is 58.7 Å². The predicted octanol–water partition coefficient (Wildman–Crippen LogP) is 5.46. The molecule has 140 valence electrons. The van der Waals surface area contributed by atoms with Crippen LogP contribution >= 0.6 is 23.1 Å². The maximum Gasteiger partial charge on any atom is 0.263 e. The highest BCUT2D eigenvalue weighted by Gasteiger charge is 2.32. The fraction of sp³-hybridized carbons (Fsp3) is 0.524. The maximum atomic E-state index is 13.3. The third-order valence-electron chi connectivity index (χ3n) is 5.12. The van der Waals surface area contributed by atoms with Gasteiger partial charge in [-0.3, -0.25) is 9.36 Å². The van der Waals surface area contributed by atoms with Crippen LogP contribution in [-0.4, -0.2) is 15.3 Å². The molecule has 0 amide bonds. The molecule has 26 heavy (non-hydrogen) atoms. The fourth-order valence-electron chi connectivity index (χ4n) is 3.63. The van der Waals surface area contributed by atoms with Crippen LogP contribution in [-0.2, 0) is 19.4 Å². The van der Waals surface area contributed by atoms with Crippen molar-refractivity contribution in [3.05, 3.63) is 45.6 Å². The van der Waals surface area contributed by atoms with E-state index in [-0.39, 0.29) is 5.56 Å². The molecule has 2 aromatic heterocycles. The van der Waals surface area contributed by atoms with Crippen LogP contribution in [0.5, 0.6) is 0 Å². The Kier molecular flexibility index (Phi) is 5.50. The Morgan fingerprint density at radius 3 is 2.81 bits per heavy atom. The first-order valence-electron chi connectivity index (χ1n) is 9.15. The van der Waals surface area contributed by atoms with Gasteiger partial charge in [0.05, 0.1) is 5.39 Å². The molecule has 3 nitrogen and oxygen atoms in total. The minimum atomic E-state index is 0.0938. The molecule has 0 radical (unpaired) electrons. The van der Waals surface area contributed by atoms with E-state index >= 15 is 0 Å². The first-order chi connectivity index (χ1) is 12.2. The predicted molar refractivity (Wildman–Crippen MR) is 115 cm³/mol. The summed E-state index contributed by atoms with van der Waals surface area (Å²) >= 11 is 3.29. The lowest BCUT2D eigenvalue weighted by Crippen LogP contribution is -2.27. The van der Waals surface area contributed by atoms with Crippen LogP contribution in [0.25, 0.3) is 10.2 Å². The average molecular weight is 389 g/mol. The van der Waals surface area contributed by atoms with Crippen LogP contribution < -0.4 is 5.56 Å². The van der Waals surface area contributed by atoms with E-state index in [1.54, 1.807) is 27.7 Å². The SMILES string of the molecule is C=CCSc1nc2sc3c(c2c(=O)n1CC(=C)C)CCC(C(C)(C)C)C3. The molecule has 3 rings (SSSR count). The normalized spacial score (nSPS) is 17.3. The molecule has 0 aromatic carbocycles. The minimum Gasteiger partial charge on any atom is -0.283 e. The third-order valence-corrected chi connectivity index (χ3v) is 7.24. The zero-order valence-electron chi connectivity index (χ0n) is 16.2. The minimum absolute atomic E-state index is 0.0938. The van der Waals surface area contributed by atoms with Crippen molar-refractivity contribution in [2.24, 2.45) is 11.3 Å². The lowest BCUT2D eigenvalue weighted by atomic mass is 9.72. The summed E-state index contributed by atoms with van der Waals surface area (Å²) in [6, 6.07) is 0. The van der Waals surface area contributed by atoms with Gasteiger partial charge >= 0.3 is 0 Å². The van der Waals surface area contributed by atoms with Gasteiger partial charge in [-0.2, -0.15) is 0 Å². The Bertz CT molecular complexity index is 915. The van der Waals surface area contributed by atoms with Crippen molar-refractivity contribution in [3.63, 3.8) is 0 Å². The van der Waals surface area contributed by atoms with E-state index in [2.05, 4.69) is 33.9 Å². The fourth-order valence-corrected chi connectivity index (χ4v) is 5.71. The van der Waals surface area contributed by atoms with Crippen LogP contribution in [0.4, 0.5) is 0 Å². The molecule has 2 aromatic rings. The van der Waals surface area contributed by atoms with E-state index in [4.69, 9.17) is 4.98 Å². The lowest BCUT2D eigenvalue weighted by molar-refractivity contribution is 0.218. The maximum absolute atomic E-state index is 13.3. The first-order valence-corrected chi connectivity index (χ1v) is 11.0. The number of fused-ring (bicyclic) bond motifs is 3. The van der Waals surface area contributed by atoms with Crippen LogP contribution in [0.2, 0.25) is 0 Å². The highest BCUT2D eigenvalue weighted by atomic mass is 32.2. The lowest BCUT2D eigenvalue weighted by Gasteiger charge is -2.33. The van der Waals surface area contributed by atoms with Crippen molar-refractivity contribution < 1.29 is 0 Å². The van der Waals surface area contributed by atoms with Gasteiger partial charge in [-0.25, -0.2) is 4.98 Å². The standard InChI is InChI=1S/C21H28N2OS2/c1-7-10-25-20-22-18-17(19(24)23(20)12-13(2)3)15-9-8-14(21(4,5)6)11-16(15)26-18/h7,14H,1-2,8-12H2,3-6H3. The molecular weight excluding hydrogens is 360 g/mol.